The van der Waals surface area contributed by atoms with E-state index in [9.17, 15) is 0 Å². The highest BCUT2D eigenvalue weighted by molar-refractivity contribution is 5.35. The van der Waals surface area contributed by atoms with Gasteiger partial charge in [0.05, 0.1) is 0 Å². The zero-order valence-electron chi connectivity index (χ0n) is 15.0. The van der Waals surface area contributed by atoms with Crippen LogP contribution in [0.2, 0.25) is 0 Å². The van der Waals surface area contributed by atoms with Gasteiger partial charge >= 0.3 is 0 Å². The van der Waals surface area contributed by atoms with Crippen LogP contribution in [-0.2, 0) is 13.2 Å². The molecule has 1 heterocycles. The summed E-state index contributed by atoms with van der Waals surface area (Å²) in [6, 6.07) is 26.4. The van der Waals surface area contributed by atoms with Crippen LogP contribution in [0.5, 0.6) is 23.0 Å². The van der Waals surface area contributed by atoms with Crippen LogP contribution < -0.4 is 14.2 Å². The smallest absolute Gasteiger partial charge is 0.254 e. The Kier molecular flexibility index (Phi) is 5.49. The first kappa shape index (κ1) is 17.6. The van der Waals surface area contributed by atoms with E-state index in [4.69, 9.17) is 18.6 Å². The van der Waals surface area contributed by atoms with Crippen LogP contribution in [0.15, 0.2) is 89.3 Å². The van der Waals surface area contributed by atoms with Gasteiger partial charge in [0.1, 0.15) is 23.0 Å². The fraction of sp³-hybridized carbons (Fsp3) is 0.0909. The molecule has 6 nitrogen and oxygen atoms in total. The molecule has 140 valence electrons. The van der Waals surface area contributed by atoms with Crippen LogP contribution in [0.1, 0.15) is 11.8 Å². The molecule has 0 saturated carbocycles. The maximum atomic E-state index is 5.75. The van der Waals surface area contributed by atoms with Gasteiger partial charge in [0.25, 0.3) is 11.8 Å². The van der Waals surface area contributed by atoms with Crippen molar-refractivity contribution in [3.8, 4) is 23.0 Å². The van der Waals surface area contributed by atoms with Crippen LogP contribution >= 0.6 is 0 Å². The van der Waals surface area contributed by atoms with Gasteiger partial charge in [-0.15, -0.1) is 10.2 Å². The van der Waals surface area contributed by atoms with E-state index >= 15 is 0 Å². The van der Waals surface area contributed by atoms with Crippen molar-refractivity contribution in [2.45, 2.75) is 13.2 Å². The fourth-order valence-electron chi connectivity index (χ4n) is 2.44. The number of nitrogens with zero attached hydrogens (tertiary/aromatic N) is 2. The summed E-state index contributed by atoms with van der Waals surface area (Å²) in [5.41, 5.74) is 0. The lowest BCUT2D eigenvalue weighted by atomic mass is 10.3. The average molecular weight is 374 g/mol. The van der Waals surface area contributed by atoms with Crippen molar-refractivity contribution in [2.75, 3.05) is 0 Å². The summed E-state index contributed by atoms with van der Waals surface area (Å²) in [7, 11) is 0. The number of rotatable bonds is 8. The van der Waals surface area contributed by atoms with Crippen LogP contribution in [0, 0.1) is 0 Å². The lowest BCUT2D eigenvalue weighted by molar-refractivity contribution is 0.231. The first-order valence-corrected chi connectivity index (χ1v) is 8.80. The fourth-order valence-corrected chi connectivity index (χ4v) is 2.44. The third-order valence-electron chi connectivity index (χ3n) is 3.78. The zero-order valence-corrected chi connectivity index (χ0v) is 15.0. The van der Waals surface area contributed by atoms with E-state index in [0.717, 1.165) is 17.2 Å². The van der Waals surface area contributed by atoms with Gasteiger partial charge in [0.15, 0.2) is 13.2 Å². The van der Waals surface area contributed by atoms with Gasteiger partial charge in [-0.1, -0.05) is 36.4 Å². The third-order valence-corrected chi connectivity index (χ3v) is 3.78. The van der Waals surface area contributed by atoms with Crippen molar-refractivity contribution in [3.05, 3.63) is 96.7 Å². The molecular formula is C22H18N2O4. The molecule has 4 aromatic rings. The summed E-state index contributed by atoms with van der Waals surface area (Å²) in [5.74, 6) is 3.73. The van der Waals surface area contributed by atoms with E-state index in [-0.39, 0.29) is 13.2 Å². The lowest BCUT2D eigenvalue weighted by Gasteiger charge is -2.07. The van der Waals surface area contributed by atoms with Gasteiger partial charge in [-0.3, -0.25) is 0 Å². The van der Waals surface area contributed by atoms with Gasteiger partial charge in [-0.2, -0.15) is 0 Å². The van der Waals surface area contributed by atoms with Gasteiger partial charge in [0, 0.05) is 0 Å². The van der Waals surface area contributed by atoms with E-state index in [2.05, 4.69) is 10.2 Å². The van der Waals surface area contributed by atoms with Crippen molar-refractivity contribution in [1.82, 2.24) is 10.2 Å². The van der Waals surface area contributed by atoms with Crippen LogP contribution in [0.4, 0.5) is 0 Å². The van der Waals surface area contributed by atoms with E-state index in [1.807, 2.05) is 84.9 Å². The SMILES string of the molecule is c1ccc(OCc2nnc(COc3ccc(Oc4ccccc4)cc3)o2)cc1. The Labute approximate surface area is 162 Å². The zero-order chi connectivity index (χ0) is 19.0. The van der Waals surface area contributed by atoms with E-state index in [1.54, 1.807) is 0 Å². The van der Waals surface area contributed by atoms with Crippen LogP contribution in [0.25, 0.3) is 0 Å². The highest BCUT2D eigenvalue weighted by Crippen LogP contribution is 2.24. The molecule has 0 aliphatic rings. The molecule has 4 rings (SSSR count). The Morgan fingerprint density at radius 3 is 1.54 bits per heavy atom. The molecule has 0 N–H and O–H groups in total. The molecule has 0 fully saturated rings. The van der Waals surface area contributed by atoms with Crippen molar-refractivity contribution in [3.63, 3.8) is 0 Å². The van der Waals surface area contributed by atoms with E-state index in [1.165, 1.54) is 0 Å². The monoisotopic (exact) mass is 374 g/mol. The van der Waals surface area contributed by atoms with Crippen molar-refractivity contribution < 1.29 is 18.6 Å². The van der Waals surface area contributed by atoms with Gasteiger partial charge < -0.3 is 18.6 Å². The maximum Gasteiger partial charge on any atom is 0.254 e. The number of aromatic nitrogens is 2. The Bertz CT molecular complexity index is 986. The second kappa shape index (κ2) is 8.73. The Balaban J connectivity index is 1.27. The van der Waals surface area contributed by atoms with E-state index < -0.39 is 0 Å². The largest absolute Gasteiger partial charge is 0.484 e. The molecular weight excluding hydrogens is 356 g/mol. The summed E-state index contributed by atoms with van der Waals surface area (Å²) in [5, 5.41) is 7.93. The molecule has 0 amide bonds. The maximum absolute atomic E-state index is 5.75. The van der Waals surface area contributed by atoms with Crippen LogP contribution in [0.3, 0.4) is 0 Å². The molecule has 28 heavy (non-hydrogen) atoms. The average Bonchev–Trinajstić information content (AvgIpc) is 3.21. The quantitative estimate of drug-likeness (QED) is 0.431. The molecule has 0 aliphatic carbocycles. The Morgan fingerprint density at radius 2 is 0.964 bits per heavy atom. The highest BCUT2D eigenvalue weighted by atomic mass is 16.5. The van der Waals surface area contributed by atoms with Crippen molar-refractivity contribution in [1.29, 1.82) is 0 Å². The van der Waals surface area contributed by atoms with E-state index in [0.29, 0.717) is 17.5 Å². The molecule has 0 atom stereocenters. The summed E-state index contributed by atoms with van der Waals surface area (Å²) in [6.07, 6.45) is 0. The minimum absolute atomic E-state index is 0.178. The molecule has 0 radical (unpaired) electrons. The van der Waals surface area contributed by atoms with Crippen molar-refractivity contribution in [2.24, 2.45) is 0 Å². The van der Waals surface area contributed by atoms with Gasteiger partial charge in [-0.05, 0) is 48.5 Å². The number of ether oxygens (including phenoxy) is 3. The second-order valence-electron chi connectivity index (χ2n) is 5.87. The second-order valence-corrected chi connectivity index (χ2v) is 5.87. The minimum Gasteiger partial charge on any atom is -0.484 e. The van der Waals surface area contributed by atoms with Crippen LogP contribution in [-0.4, -0.2) is 10.2 Å². The number of para-hydroxylation sites is 2. The highest BCUT2D eigenvalue weighted by Gasteiger charge is 2.08. The lowest BCUT2D eigenvalue weighted by Crippen LogP contribution is -1.96. The summed E-state index contributed by atoms with van der Waals surface area (Å²) in [4.78, 5) is 0. The predicted molar refractivity (Wildman–Crippen MR) is 102 cm³/mol. The molecule has 0 aliphatic heterocycles. The molecule has 3 aromatic carbocycles. The summed E-state index contributed by atoms with van der Waals surface area (Å²) < 4.78 is 22.5. The summed E-state index contributed by atoms with van der Waals surface area (Å²) in [6.45, 7) is 0.389. The Hall–Kier alpha value is -3.80. The first-order chi connectivity index (χ1) is 13.8. The Morgan fingerprint density at radius 1 is 0.536 bits per heavy atom. The number of benzene rings is 3. The topological polar surface area (TPSA) is 66.6 Å². The summed E-state index contributed by atoms with van der Waals surface area (Å²) >= 11 is 0. The third kappa shape index (κ3) is 4.88. The number of hydrogen-bond acceptors (Lipinski definition) is 6. The number of hydrogen-bond donors (Lipinski definition) is 0. The van der Waals surface area contributed by atoms with Gasteiger partial charge in [-0.25, -0.2) is 0 Å². The minimum atomic E-state index is 0.178. The van der Waals surface area contributed by atoms with Crippen molar-refractivity contribution >= 4 is 0 Å². The standard InChI is InChI=1S/C22H18N2O4/c1-3-7-17(8-4-1)25-15-21-23-24-22(28-21)16-26-18-11-13-20(14-12-18)27-19-9-5-2-6-10-19/h1-14H,15-16H2. The molecule has 0 unspecified atom stereocenters. The van der Waals surface area contributed by atoms with Gasteiger partial charge in [0.2, 0.25) is 0 Å². The molecule has 6 heteroatoms. The molecule has 0 saturated heterocycles. The molecule has 1 aromatic heterocycles. The first-order valence-electron chi connectivity index (χ1n) is 8.80. The normalized spacial score (nSPS) is 10.4. The molecule has 0 bridgehead atoms. The predicted octanol–water partition coefficient (Wildman–Crippen LogP) is 5.02. The molecule has 0 spiro atoms.